The minimum absolute atomic E-state index is 0.00200. The van der Waals surface area contributed by atoms with Crippen molar-refractivity contribution < 1.29 is 18.7 Å². The molecule has 1 aliphatic carbocycles. The molecule has 0 N–H and O–H groups in total. The molecule has 0 amide bonds. The van der Waals surface area contributed by atoms with Gasteiger partial charge < -0.3 is 13.9 Å². The Kier molecular flexibility index (Phi) is 7.06. The number of fused-ring (bicyclic) bond motifs is 1. The first kappa shape index (κ1) is 22.2. The van der Waals surface area contributed by atoms with Gasteiger partial charge in [-0.1, -0.05) is 30.7 Å². The molecule has 162 valence electrons. The van der Waals surface area contributed by atoms with Crippen molar-refractivity contribution in [3.63, 3.8) is 0 Å². The van der Waals surface area contributed by atoms with E-state index in [1.165, 1.54) is 17.6 Å². The van der Waals surface area contributed by atoms with Crippen LogP contribution in [0, 0.1) is 5.92 Å². The Labute approximate surface area is 180 Å². The average Bonchev–Trinajstić information content (AvgIpc) is 3.28. The van der Waals surface area contributed by atoms with Crippen LogP contribution >= 0.6 is 0 Å². The van der Waals surface area contributed by atoms with E-state index >= 15 is 0 Å². The summed E-state index contributed by atoms with van der Waals surface area (Å²) < 4.78 is 16.4. The van der Waals surface area contributed by atoms with Crippen molar-refractivity contribution in [1.82, 2.24) is 0 Å². The highest BCUT2D eigenvalue weighted by Crippen LogP contribution is 2.39. The number of esters is 1. The molecule has 0 bridgehead atoms. The smallest absolute Gasteiger partial charge is 0.343 e. The summed E-state index contributed by atoms with van der Waals surface area (Å²) in [5.41, 5.74) is 3.25. The van der Waals surface area contributed by atoms with Gasteiger partial charge in [0.1, 0.15) is 5.76 Å². The summed E-state index contributed by atoms with van der Waals surface area (Å²) >= 11 is 0. The SMILES string of the molecule is COC1=C(C)C(=O)O/C1=C\[C@@H](C)CCC/C(C)=C\C=C\[C@]1(C)CCCc2ccoc21. The lowest BCUT2D eigenvalue weighted by molar-refractivity contribution is -0.133. The number of cyclic esters (lactones) is 1. The molecule has 2 atom stereocenters. The molecule has 1 aromatic heterocycles. The Morgan fingerprint density at radius 2 is 2.20 bits per heavy atom. The number of hydrogen-bond acceptors (Lipinski definition) is 4. The molecular weight excluding hydrogens is 376 g/mol. The van der Waals surface area contributed by atoms with Gasteiger partial charge in [0.2, 0.25) is 0 Å². The van der Waals surface area contributed by atoms with E-state index in [9.17, 15) is 4.79 Å². The molecule has 0 unspecified atom stereocenters. The minimum atomic E-state index is -0.316. The Hall–Kier alpha value is -2.49. The molecule has 2 heterocycles. The normalized spacial score (nSPS) is 24.5. The number of aryl methyl sites for hydroxylation is 1. The molecule has 0 aromatic carbocycles. The second-order valence-corrected chi connectivity index (χ2v) is 8.87. The lowest BCUT2D eigenvalue weighted by Crippen LogP contribution is -2.23. The number of furan rings is 1. The molecule has 2 aliphatic rings. The highest BCUT2D eigenvalue weighted by molar-refractivity contribution is 5.93. The largest absolute Gasteiger partial charge is 0.492 e. The van der Waals surface area contributed by atoms with Crippen LogP contribution in [0.25, 0.3) is 0 Å². The van der Waals surface area contributed by atoms with E-state index in [4.69, 9.17) is 13.9 Å². The fourth-order valence-corrected chi connectivity index (χ4v) is 4.37. The third-order valence-corrected chi connectivity index (χ3v) is 6.20. The molecule has 1 aromatic rings. The average molecular weight is 411 g/mol. The van der Waals surface area contributed by atoms with Gasteiger partial charge in [-0.15, -0.1) is 0 Å². The summed E-state index contributed by atoms with van der Waals surface area (Å²) in [7, 11) is 1.57. The van der Waals surface area contributed by atoms with Crippen molar-refractivity contribution >= 4 is 5.97 Å². The van der Waals surface area contributed by atoms with Gasteiger partial charge in [-0.3, -0.25) is 0 Å². The summed E-state index contributed by atoms with van der Waals surface area (Å²) in [6.45, 7) is 8.33. The van der Waals surface area contributed by atoms with Crippen LogP contribution in [0.2, 0.25) is 0 Å². The minimum Gasteiger partial charge on any atom is -0.492 e. The highest BCUT2D eigenvalue weighted by atomic mass is 16.6. The van der Waals surface area contributed by atoms with Gasteiger partial charge in [0.15, 0.2) is 11.5 Å². The number of carbonyl (C=O) groups excluding carboxylic acids is 1. The topological polar surface area (TPSA) is 48.7 Å². The van der Waals surface area contributed by atoms with Gasteiger partial charge in [-0.2, -0.15) is 0 Å². The number of ether oxygens (including phenoxy) is 2. The first-order chi connectivity index (χ1) is 14.3. The van der Waals surface area contributed by atoms with E-state index in [2.05, 4.69) is 45.1 Å². The quantitative estimate of drug-likeness (QED) is 0.360. The van der Waals surface area contributed by atoms with E-state index in [0.717, 1.165) is 37.9 Å². The molecule has 4 heteroatoms. The maximum absolute atomic E-state index is 11.7. The van der Waals surface area contributed by atoms with Crippen molar-refractivity contribution in [3.8, 4) is 0 Å². The molecule has 0 saturated carbocycles. The van der Waals surface area contributed by atoms with Crippen molar-refractivity contribution in [2.24, 2.45) is 5.92 Å². The molecule has 3 rings (SSSR count). The number of allylic oxidation sites excluding steroid dienone is 5. The lowest BCUT2D eigenvalue weighted by Gasteiger charge is -2.29. The summed E-state index contributed by atoms with van der Waals surface area (Å²) in [5.74, 6) is 2.24. The zero-order valence-electron chi connectivity index (χ0n) is 18.9. The standard InChI is InChI=1S/C26H34O4/c1-18(11-7-14-26(4)15-8-12-21-13-16-29-24(21)26)9-6-10-19(2)17-22-23(28-5)20(3)25(27)30-22/h7,11,13-14,16-17,19H,6,8-10,12,15H2,1-5H3/b14-7+,18-11-,22-17-/t19-,26+/m0/s1. The zero-order valence-corrected chi connectivity index (χ0v) is 18.9. The van der Waals surface area contributed by atoms with Crippen LogP contribution < -0.4 is 0 Å². The van der Waals surface area contributed by atoms with E-state index in [1.54, 1.807) is 14.0 Å². The second-order valence-electron chi connectivity index (χ2n) is 8.87. The predicted octanol–water partition coefficient (Wildman–Crippen LogP) is 6.54. The first-order valence-corrected chi connectivity index (χ1v) is 10.9. The van der Waals surface area contributed by atoms with Crippen LogP contribution in [-0.2, 0) is 26.1 Å². The maximum atomic E-state index is 11.7. The molecule has 4 nitrogen and oxygen atoms in total. The van der Waals surface area contributed by atoms with Crippen molar-refractivity contribution in [1.29, 1.82) is 0 Å². The van der Waals surface area contributed by atoms with E-state index in [1.807, 2.05) is 12.3 Å². The van der Waals surface area contributed by atoms with Gasteiger partial charge in [0.05, 0.1) is 18.9 Å². The monoisotopic (exact) mass is 410 g/mol. The van der Waals surface area contributed by atoms with Crippen molar-refractivity contribution in [3.05, 3.63) is 70.6 Å². The first-order valence-electron chi connectivity index (χ1n) is 10.9. The van der Waals surface area contributed by atoms with Gasteiger partial charge in [-0.25, -0.2) is 4.79 Å². The second kappa shape index (κ2) is 9.55. The Morgan fingerprint density at radius 1 is 1.40 bits per heavy atom. The lowest BCUT2D eigenvalue weighted by atomic mass is 9.75. The number of rotatable bonds is 8. The van der Waals surface area contributed by atoms with E-state index in [-0.39, 0.29) is 11.4 Å². The highest BCUT2D eigenvalue weighted by Gasteiger charge is 2.32. The summed E-state index contributed by atoms with van der Waals surface area (Å²) in [6, 6.07) is 2.11. The molecule has 0 radical (unpaired) electrons. The van der Waals surface area contributed by atoms with Gasteiger partial charge in [-0.05, 0) is 82.9 Å². The molecular formula is C26H34O4. The molecule has 0 fully saturated rings. The third-order valence-electron chi connectivity index (χ3n) is 6.20. The number of hydrogen-bond donors (Lipinski definition) is 0. The van der Waals surface area contributed by atoms with Gasteiger partial charge in [0, 0.05) is 5.41 Å². The summed E-state index contributed by atoms with van der Waals surface area (Å²) in [4.78, 5) is 11.7. The molecule has 30 heavy (non-hydrogen) atoms. The van der Waals surface area contributed by atoms with Gasteiger partial charge in [0.25, 0.3) is 0 Å². The summed E-state index contributed by atoms with van der Waals surface area (Å²) in [5, 5.41) is 0. The fraction of sp³-hybridized carbons (Fsp3) is 0.500. The summed E-state index contributed by atoms with van der Waals surface area (Å²) in [6.07, 6.45) is 17.1. The molecule has 0 spiro atoms. The van der Waals surface area contributed by atoms with Crippen LogP contribution in [0.4, 0.5) is 0 Å². The van der Waals surface area contributed by atoms with Crippen LogP contribution in [0.15, 0.2) is 63.7 Å². The Balaban J connectivity index is 1.50. The molecule has 1 aliphatic heterocycles. The van der Waals surface area contributed by atoms with Crippen LogP contribution in [-0.4, -0.2) is 13.1 Å². The molecule has 0 saturated heterocycles. The van der Waals surface area contributed by atoms with Crippen LogP contribution in [0.3, 0.4) is 0 Å². The van der Waals surface area contributed by atoms with Crippen molar-refractivity contribution in [2.45, 2.75) is 71.6 Å². The Morgan fingerprint density at radius 3 is 2.97 bits per heavy atom. The maximum Gasteiger partial charge on any atom is 0.343 e. The van der Waals surface area contributed by atoms with Gasteiger partial charge >= 0.3 is 5.97 Å². The predicted molar refractivity (Wildman–Crippen MR) is 119 cm³/mol. The Bertz CT molecular complexity index is 896. The third kappa shape index (κ3) is 4.97. The van der Waals surface area contributed by atoms with Crippen LogP contribution in [0.1, 0.15) is 71.1 Å². The van der Waals surface area contributed by atoms with Crippen LogP contribution in [0.5, 0.6) is 0 Å². The van der Waals surface area contributed by atoms with Crippen molar-refractivity contribution in [2.75, 3.05) is 7.11 Å². The number of methoxy groups -OCH3 is 1. The van der Waals surface area contributed by atoms with E-state index in [0.29, 0.717) is 23.0 Å². The van der Waals surface area contributed by atoms with E-state index < -0.39 is 0 Å². The number of carbonyl (C=O) groups is 1. The fourth-order valence-electron chi connectivity index (χ4n) is 4.37. The zero-order chi connectivity index (χ0) is 21.7.